The van der Waals surface area contributed by atoms with Crippen molar-refractivity contribution in [3.05, 3.63) is 53.0 Å². The van der Waals surface area contributed by atoms with Crippen LogP contribution < -0.4 is 15.6 Å². The summed E-state index contributed by atoms with van der Waals surface area (Å²) < 4.78 is 0. The summed E-state index contributed by atoms with van der Waals surface area (Å²) in [4.78, 5) is 24.0. The molecule has 2 rings (SSSR count). The summed E-state index contributed by atoms with van der Waals surface area (Å²) in [5.74, 6) is 0. The number of nitroso groups, excluding NO2 is 1. The maximum atomic E-state index is 7.25. The van der Waals surface area contributed by atoms with Crippen molar-refractivity contribution in [1.29, 1.82) is 0 Å². The second-order valence-electron chi connectivity index (χ2n) is 3.55. The van der Waals surface area contributed by atoms with Crippen LogP contribution in [0.5, 0.6) is 0 Å². The Labute approximate surface area is 127 Å². The smallest absolute Gasteiger partial charge is 0.663 e. The molecule has 0 amide bonds. The fraction of sp³-hybridized carbons (Fsp3) is 0.231. The summed E-state index contributed by atoms with van der Waals surface area (Å²) in [6.45, 7) is 1.55. The molecule has 0 unspecified atom stereocenters. The molecule has 20 heavy (non-hydrogen) atoms. The maximum Gasteiger partial charge on any atom is 2.00 e. The topological polar surface area (TPSA) is 92.3 Å². The van der Waals surface area contributed by atoms with Crippen LogP contribution in [0.25, 0.3) is 0 Å². The molecule has 2 aromatic heterocycles. The molecule has 0 N–H and O–H groups in total. The number of aromatic nitrogens is 2. The van der Waals surface area contributed by atoms with Gasteiger partial charge in [-0.05, 0) is 6.42 Å². The Kier molecular flexibility index (Phi) is 10.9. The number of hydrogen-bond donors (Lipinski definition) is 0. The van der Waals surface area contributed by atoms with E-state index in [1.165, 1.54) is 0 Å². The van der Waals surface area contributed by atoms with Gasteiger partial charge in [0.2, 0.25) is 0 Å². The molecule has 0 atom stereocenters. The van der Waals surface area contributed by atoms with Gasteiger partial charge in [-0.3, -0.25) is 9.98 Å². The molecule has 7 heteroatoms. The van der Waals surface area contributed by atoms with Gasteiger partial charge in [0.25, 0.3) is 0 Å². The molecule has 2 radical (unpaired) electrons. The van der Waals surface area contributed by atoms with Crippen LogP contribution in [0.1, 0.15) is 17.8 Å². The zero-order chi connectivity index (χ0) is 13.8. The average molecular weight is 315 g/mol. The first-order valence-electron chi connectivity index (χ1n) is 5.78. The monoisotopic (exact) mass is 315 g/mol. The van der Waals surface area contributed by atoms with Crippen molar-refractivity contribution in [1.82, 2.24) is 15.6 Å². The third-order valence-electron chi connectivity index (χ3n) is 2.17. The third kappa shape index (κ3) is 7.44. The molecule has 0 aromatic carbocycles. The van der Waals surface area contributed by atoms with Gasteiger partial charge < -0.3 is 9.97 Å². The summed E-state index contributed by atoms with van der Waals surface area (Å²) in [5.41, 5.74) is 7.57. The summed E-state index contributed by atoms with van der Waals surface area (Å²) in [6.07, 6.45) is 8.05. The van der Waals surface area contributed by atoms with Gasteiger partial charge >= 0.3 is 16.8 Å². The fourth-order valence-electron chi connectivity index (χ4n) is 1.35. The van der Waals surface area contributed by atoms with Gasteiger partial charge in [-0.15, -0.1) is 16.3 Å². The third-order valence-corrected chi connectivity index (χ3v) is 2.17. The molecule has 0 saturated heterocycles. The van der Waals surface area contributed by atoms with Crippen LogP contribution in [0, 0.1) is 4.91 Å². The molecule has 2 aromatic rings. The van der Waals surface area contributed by atoms with Gasteiger partial charge in [-0.2, -0.15) is 12.4 Å². The largest absolute Gasteiger partial charge is 2.00 e. The Morgan fingerprint density at radius 3 is 1.75 bits per heavy atom. The van der Waals surface area contributed by atoms with Gasteiger partial charge in [-0.1, -0.05) is 24.3 Å². The van der Waals surface area contributed by atoms with Gasteiger partial charge in [0.1, 0.15) is 5.59 Å². The molecule has 0 aliphatic rings. The molecule has 0 saturated carbocycles. The van der Waals surface area contributed by atoms with E-state index in [2.05, 4.69) is 20.0 Å². The molecule has 0 aliphatic carbocycles. The molecule has 0 aliphatic heterocycles. The van der Waals surface area contributed by atoms with E-state index < -0.39 is 0 Å². The van der Waals surface area contributed by atoms with E-state index in [1.807, 2.05) is 24.3 Å². The van der Waals surface area contributed by atoms with Crippen molar-refractivity contribution in [3.8, 4) is 0 Å². The van der Waals surface area contributed by atoms with Gasteiger partial charge in [-0.25, -0.2) is 0 Å². The van der Waals surface area contributed by atoms with E-state index in [4.69, 9.17) is 10.5 Å². The Bertz CT molecular complexity index is 435. The SMILES string of the molecule is C(=NCCCN=Cc1ccc[n-]1)c1ccc[n-]1.[Co+2].[N]=O. The second-order valence-corrected chi connectivity index (χ2v) is 3.55. The van der Waals surface area contributed by atoms with E-state index in [-0.39, 0.29) is 16.8 Å². The van der Waals surface area contributed by atoms with Crippen molar-refractivity contribution < 1.29 is 16.8 Å². The van der Waals surface area contributed by atoms with Crippen LogP contribution in [-0.4, -0.2) is 25.5 Å². The van der Waals surface area contributed by atoms with Crippen LogP contribution in [0.2, 0.25) is 0 Å². The minimum atomic E-state index is 0. The van der Waals surface area contributed by atoms with Crippen LogP contribution >= 0.6 is 0 Å². The standard InChI is InChI=1S/C13H14N4.Co.NO/c1-4-12(16-8-1)10-14-6-3-7-15-11-13-5-2-9-17-13;;1-2/h1-2,4-5,8-11H,3,6-7H2;;/q-2;+2;. The molecular formula is C13H14CoN5O. The molecular weight excluding hydrogens is 301 g/mol. The van der Waals surface area contributed by atoms with Crippen LogP contribution in [-0.2, 0) is 16.8 Å². The van der Waals surface area contributed by atoms with Crippen molar-refractivity contribution in [2.45, 2.75) is 6.42 Å². The van der Waals surface area contributed by atoms with E-state index in [0.717, 1.165) is 30.9 Å². The van der Waals surface area contributed by atoms with Crippen molar-refractivity contribution in [2.75, 3.05) is 13.1 Å². The minimum Gasteiger partial charge on any atom is -0.663 e. The fourth-order valence-corrected chi connectivity index (χ4v) is 1.35. The zero-order valence-corrected chi connectivity index (χ0v) is 11.8. The van der Waals surface area contributed by atoms with E-state index in [0.29, 0.717) is 0 Å². The van der Waals surface area contributed by atoms with Crippen molar-refractivity contribution >= 4 is 12.4 Å². The molecule has 0 bridgehead atoms. The zero-order valence-electron chi connectivity index (χ0n) is 10.7. The number of aliphatic imine (C=N–C) groups is 2. The molecule has 6 nitrogen and oxygen atoms in total. The Balaban J connectivity index is 0.00000115. The first kappa shape index (κ1) is 18.0. The molecule has 106 valence electrons. The molecule has 0 fully saturated rings. The summed E-state index contributed by atoms with van der Waals surface area (Å²) in [5, 5.41) is 0. The van der Waals surface area contributed by atoms with Crippen molar-refractivity contribution in [2.24, 2.45) is 9.98 Å². The van der Waals surface area contributed by atoms with E-state index in [1.54, 1.807) is 24.8 Å². The van der Waals surface area contributed by atoms with Crippen LogP contribution in [0.3, 0.4) is 0 Å². The number of rotatable bonds is 6. The molecule has 0 spiro atoms. The maximum absolute atomic E-state index is 7.25. The number of nitrogens with zero attached hydrogens (tertiary/aromatic N) is 5. The molecule has 2 heterocycles. The predicted octanol–water partition coefficient (Wildman–Crippen LogP) is 1.08. The van der Waals surface area contributed by atoms with E-state index >= 15 is 0 Å². The Hall–Kier alpha value is -1.99. The van der Waals surface area contributed by atoms with Crippen LogP contribution in [0.4, 0.5) is 0 Å². The van der Waals surface area contributed by atoms with Crippen LogP contribution in [0.15, 0.2) is 46.6 Å². The quantitative estimate of drug-likeness (QED) is 0.590. The second kappa shape index (κ2) is 12.1. The Morgan fingerprint density at radius 1 is 0.950 bits per heavy atom. The van der Waals surface area contributed by atoms with Gasteiger partial charge in [0, 0.05) is 25.5 Å². The van der Waals surface area contributed by atoms with Crippen molar-refractivity contribution in [3.63, 3.8) is 0 Å². The van der Waals surface area contributed by atoms with E-state index in [9.17, 15) is 0 Å². The summed E-state index contributed by atoms with van der Waals surface area (Å²) in [6, 6.07) is 7.67. The summed E-state index contributed by atoms with van der Waals surface area (Å²) >= 11 is 0. The number of hydrogen-bond acceptors (Lipinski definition) is 3. The Morgan fingerprint density at radius 2 is 1.40 bits per heavy atom. The first-order valence-corrected chi connectivity index (χ1v) is 5.78. The van der Waals surface area contributed by atoms with Gasteiger partial charge in [0.05, 0.1) is 0 Å². The normalized spacial score (nSPS) is 10.2. The predicted molar refractivity (Wildman–Crippen MR) is 74.6 cm³/mol. The first-order chi connectivity index (χ1) is 9.45. The minimum absolute atomic E-state index is 0. The summed E-state index contributed by atoms with van der Waals surface area (Å²) in [7, 11) is 0. The van der Waals surface area contributed by atoms with Gasteiger partial charge in [0.15, 0.2) is 0 Å². The average Bonchev–Trinajstić information content (AvgIpc) is 3.13.